The highest BCUT2D eigenvalue weighted by atomic mass is 19.1. The number of nitrogens with one attached hydrogen (secondary N) is 2. The van der Waals surface area contributed by atoms with Crippen LogP contribution in [0.3, 0.4) is 0 Å². The van der Waals surface area contributed by atoms with Gasteiger partial charge in [0.25, 0.3) is 0 Å². The molecule has 1 aromatic heterocycles. The first-order chi connectivity index (χ1) is 18.0. The van der Waals surface area contributed by atoms with E-state index < -0.39 is 0 Å². The molecular formula is C31H21FN4O. The fraction of sp³-hybridized carbons (Fsp3) is 0.0323. The summed E-state index contributed by atoms with van der Waals surface area (Å²) in [5, 5.41) is 10.1. The maximum Gasteiger partial charge on any atom is 0.323 e. The van der Waals surface area contributed by atoms with Crippen molar-refractivity contribution in [2.75, 3.05) is 5.73 Å². The average molecular weight is 485 g/mol. The van der Waals surface area contributed by atoms with Crippen molar-refractivity contribution in [2.45, 2.75) is 6.42 Å². The first kappa shape index (κ1) is 22.3. The van der Waals surface area contributed by atoms with Gasteiger partial charge in [-0.05, 0) is 93.7 Å². The van der Waals surface area contributed by atoms with Gasteiger partial charge in [0.05, 0.1) is 22.7 Å². The van der Waals surface area contributed by atoms with Crippen LogP contribution in [0.5, 0.6) is 0 Å². The van der Waals surface area contributed by atoms with Crippen LogP contribution >= 0.6 is 0 Å². The van der Waals surface area contributed by atoms with Crippen molar-refractivity contribution in [3.8, 4) is 28.3 Å². The lowest BCUT2D eigenvalue weighted by Gasteiger charge is -2.12. The Labute approximate surface area is 211 Å². The van der Waals surface area contributed by atoms with Gasteiger partial charge in [-0.25, -0.2) is 9.18 Å². The van der Waals surface area contributed by atoms with Crippen LogP contribution in [-0.4, -0.2) is 9.97 Å². The van der Waals surface area contributed by atoms with E-state index in [2.05, 4.69) is 22.1 Å². The molecule has 0 saturated carbocycles. The fourth-order valence-corrected chi connectivity index (χ4v) is 4.83. The molecule has 0 aliphatic rings. The summed E-state index contributed by atoms with van der Waals surface area (Å²) < 4.78 is 15.3. The zero-order valence-corrected chi connectivity index (χ0v) is 19.7. The van der Waals surface area contributed by atoms with Gasteiger partial charge in [-0.15, -0.1) is 0 Å². The van der Waals surface area contributed by atoms with Crippen molar-refractivity contribution < 1.29 is 4.39 Å². The van der Waals surface area contributed by atoms with Crippen molar-refractivity contribution in [3.05, 3.63) is 124 Å². The summed E-state index contributed by atoms with van der Waals surface area (Å²) in [6, 6.07) is 30.5. The predicted octanol–water partition coefficient (Wildman–Crippen LogP) is 6.53. The second-order valence-electron chi connectivity index (χ2n) is 9.15. The Kier molecular flexibility index (Phi) is 5.32. The van der Waals surface area contributed by atoms with E-state index in [1.165, 1.54) is 6.07 Å². The molecule has 0 spiro atoms. The molecular weight excluding hydrogens is 463 g/mol. The maximum atomic E-state index is 15.3. The molecule has 0 fully saturated rings. The Hall–Kier alpha value is -5.15. The minimum atomic E-state index is -0.375. The number of rotatable bonds is 4. The summed E-state index contributed by atoms with van der Waals surface area (Å²) in [6.45, 7) is 0. The van der Waals surface area contributed by atoms with E-state index in [0.717, 1.165) is 38.9 Å². The van der Waals surface area contributed by atoms with Crippen LogP contribution in [-0.2, 0) is 6.42 Å². The molecule has 178 valence electrons. The van der Waals surface area contributed by atoms with Gasteiger partial charge in [-0.1, -0.05) is 42.5 Å². The van der Waals surface area contributed by atoms with Crippen LogP contribution in [0, 0.1) is 17.1 Å². The lowest BCUT2D eigenvalue weighted by molar-refractivity contribution is 0.640. The van der Waals surface area contributed by atoms with Crippen LogP contribution in [0.2, 0.25) is 0 Å². The largest absolute Gasteiger partial charge is 0.398 e. The van der Waals surface area contributed by atoms with E-state index in [-0.39, 0.29) is 11.5 Å². The number of imidazole rings is 1. The molecule has 6 rings (SSSR count). The topological polar surface area (TPSA) is 98.5 Å². The van der Waals surface area contributed by atoms with Crippen molar-refractivity contribution in [1.29, 1.82) is 5.26 Å². The first-order valence-corrected chi connectivity index (χ1v) is 11.8. The summed E-state index contributed by atoms with van der Waals surface area (Å²) in [5.41, 5.74) is 14.0. The number of hydrogen-bond acceptors (Lipinski definition) is 3. The summed E-state index contributed by atoms with van der Waals surface area (Å²) in [7, 11) is 0. The van der Waals surface area contributed by atoms with Gasteiger partial charge in [-0.2, -0.15) is 5.26 Å². The molecule has 5 nitrogen and oxygen atoms in total. The standard InChI is InChI=1S/C31H21FN4O/c32-26-14-23(21-3-1-2-20(11-21)10-18-4-6-19(17-33)7-5-18)12-25-13-24(15-27(34)30(25)26)22-8-9-28-29(16-22)36-31(37)35-28/h1-9,11-16H,10,34H2,(H2,35,36,37). The number of benzene rings is 5. The minimum absolute atomic E-state index is 0.265. The number of halogens is 1. The number of nitriles is 1. The molecule has 1 heterocycles. The third-order valence-electron chi connectivity index (χ3n) is 6.63. The van der Waals surface area contributed by atoms with E-state index in [4.69, 9.17) is 11.0 Å². The van der Waals surface area contributed by atoms with Gasteiger partial charge in [0.2, 0.25) is 0 Å². The quantitative estimate of drug-likeness (QED) is 0.248. The van der Waals surface area contributed by atoms with E-state index in [1.54, 1.807) is 6.07 Å². The van der Waals surface area contributed by atoms with E-state index >= 15 is 4.39 Å². The second kappa shape index (κ2) is 8.81. The zero-order chi connectivity index (χ0) is 25.5. The molecule has 0 saturated heterocycles. The van der Waals surface area contributed by atoms with Crippen molar-refractivity contribution in [3.63, 3.8) is 0 Å². The van der Waals surface area contributed by atoms with Gasteiger partial charge in [0, 0.05) is 11.1 Å². The monoisotopic (exact) mass is 484 g/mol. The lowest BCUT2D eigenvalue weighted by atomic mass is 9.94. The van der Waals surface area contributed by atoms with Gasteiger partial charge in [0.1, 0.15) is 5.82 Å². The maximum absolute atomic E-state index is 15.3. The number of anilines is 1. The summed E-state index contributed by atoms with van der Waals surface area (Å²) >= 11 is 0. The summed E-state index contributed by atoms with van der Waals surface area (Å²) in [4.78, 5) is 17.2. The number of hydrogen-bond donors (Lipinski definition) is 3. The Bertz CT molecular complexity index is 1910. The normalized spacial score (nSPS) is 11.1. The molecule has 0 atom stereocenters. The van der Waals surface area contributed by atoms with Crippen LogP contribution in [0.15, 0.2) is 95.8 Å². The molecule has 0 radical (unpaired) electrons. The van der Waals surface area contributed by atoms with Gasteiger partial charge in [-0.3, -0.25) is 0 Å². The molecule has 0 amide bonds. The third kappa shape index (κ3) is 4.24. The van der Waals surface area contributed by atoms with Gasteiger partial charge >= 0.3 is 5.69 Å². The smallest absolute Gasteiger partial charge is 0.323 e. The number of fused-ring (bicyclic) bond motifs is 2. The summed E-state index contributed by atoms with van der Waals surface area (Å²) in [6.07, 6.45) is 0.705. The van der Waals surface area contributed by atoms with Crippen molar-refractivity contribution in [2.24, 2.45) is 0 Å². The van der Waals surface area contributed by atoms with Gasteiger partial charge in [0.15, 0.2) is 0 Å². The minimum Gasteiger partial charge on any atom is -0.398 e. The highest BCUT2D eigenvalue weighted by Gasteiger charge is 2.12. The zero-order valence-electron chi connectivity index (χ0n) is 19.7. The highest BCUT2D eigenvalue weighted by Crippen LogP contribution is 2.35. The number of nitrogens with zero attached hydrogens (tertiary/aromatic N) is 1. The third-order valence-corrected chi connectivity index (χ3v) is 6.63. The van der Waals surface area contributed by atoms with Crippen molar-refractivity contribution >= 4 is 27.5 Å². The number of aromatic amines is 2. The average Bonchev–Trinajstić information content (AvgIpc) is 3.28. The van der Waals surface area contributed by atoms with Gasteiger partial charge < -0.3 is 15.7 Å². The molecule has 4 N–H and O–H groups in total. The van der Waals surface area contributed by atoms with E-state index in [1.807, 2.05) is 72.8 Å². The van der Waals surface area contributed by atoms with Crippen LogP contribution in [0.1, 0.15) is 16.7 Å². The lowest BCUT2D eigenvalue weighted by Crippen LogP contribution is -1.99. The molecule has 0 bridgehead atoms. The fourth-order valence-electron chi connectivity index (χ4n) is 4.83. The number of aromatic nitrogens is 2. The van der Waals surface area contributed by atoms with Crippen LogP contribution in [0.25, 0.3) is 44.1 Å². The van der Waals surface area contributed by atoms with E-state index in [9.17, 15) is 4.79 Å². The number of H-pyrrole nitrogens is 2. The Morgan fingerprint density at radius 3 is 2.27 bits per heavy atom. The Balaban J connectivity index is 1.40. The SMILES string of the molecule is N#Cc1ccc(Cc2cccc(-c3cc(F)c4c(N)cc(-c5ccc6[nH]c(=O)[nH]c6c5)cc4c3)c2)cc1. The molecule has 6 aromatic rings. The van der Waals surface area contributed by atoms with Crippen molar-refractivity contribution in [1.82, 2.24) is 9.97 Å². The van der Waals surface area contributed by atoms with E-state index in [0.29, 0.717) is 34.0 Å². The van der Waals surface area contributed by atoms with Crippen LogP contribution in [0.4, 0.5) is 10.1 Å². The second-order valence-corrected chi connectivity index (χ2v) is 9.15. The number of nitrogen functional groups attached to an aromatic ring is 1. The molecule has 37 heavy (non-hydrogen) atoms. The molecule has 0 aliphatic heterocycles. The summed E-state index contributed by atoms with van der Waals surface area (Å²) in [5.74, 6) is -0.375. The number of nitrogens with two attached hydrogens (primary N) is 1. The highest BCUT2D eigenvalue weighted by molar-refractivity contribution is 6.00. The first-order valence-electron chi connectivity index (χ1n) is 11.8. The van der Waals surface area contributed by atoms with Crippen LogP contribution < -0.4 is 11.4 Å². The molecule has 0 aliphatic carbocycles. The molecule has 5 aromatic carbocycles. The predicted molar refractivity (Wildman–Crippen MR) is 146 cm³/mol. The molecule has 0 unspecified atom stereocenters. The Morgan fingerprint density at radius 2 is 1.49 bits per heavy atom. The Morgan fingerprint density at radius 1 is 0.757 bits per heavy atom. The molecule has 6 heteroatoms.